The number of piperidine rings is 1. The molecule has 1 aromatic heterocycles. The molecule has 0 spiro atoms. The lowest BCUT2D eigenvalue weighted by Gasteiger charge is -2.26. The summed E-state index contributed by atoms with van der Waals surface area (Å²) in [6.07, 6.45) is 2.50. The van der Waals surface area contributed by atoms with Crippen molar-refractivity contribution in [3.05, 3.63) is 39.4 Å². The van der Waals surface area contributed by atoms with Crippen LogP contribution in [-0.2, 0) is 6.54 Å². The Bertz CT molecular complexity index is 674. The van der Waals surface area contributed by atoms with Gasteiger partial charge in [-0.2, -0.15) is 0 Å². The van der Waals surface area contributed by atoms with Crippen LogP contribution in [0.15, 0.2) is 23.0 Å². The Kier molecular flexibility index (Phi) is 3.76. The van der Waals surface area contributed by atoms with Crippen LogP contribution in [0.2, 0.25) is 5.02 Å². The first-order valence-corrected chi connectivity index (χ1v) is 7.51. The van der Waals surface area contributed by atoms with Gasteiger partial charge in [0.25, 0.3) is 5.56 Å². The van der Waals surface area contributed by atoms with Crippen LogP contribution < -0.4 is 10.5 Å². The maximum absolute atomic E-state index is 12.1. The van der Waals surface area contributed by atoms with Crippen LogP contribution in [0.4, 0.5) is 0 Å². The number of fused-ring (bicyclic) bond motifs is 1. The summed E-state index contributed by atoms with van der Waals surface area (Å²) >= 11 is 5.97. The van der Waals surface area contributed by atoms with Gasteiger partial charge in [0.15, 0.2) is 5.82 Å². The van der Waals surface area contributed by atoms with E-state index >= 15 is 0 Å². The molecule has 1 aromatic carbocycles. The molecule has 0 atom stereocenters. The number of benzene rings is 1. The van der Waals surface area contributed by atoms with Crippen LogP contribution in [0.25, 0.3) is 10.9 Å². The summed E-state index contributed by atoms with van der Waals surface area (Å²) in [5.41, 5.74) is 0.604. The molecule has 1 aliphatic heterocycles. The highest BCUT2D eigenvalue weighted by Crippen LogP contribution is 2.14. The number of quaternary nitrogens is 1. The first-order chi connectivity index (χ1) is 9.61. The standard InChI is InChI=1S/C15H18ClN3O/c1-10-4-6-19(7-5-10)9-14-17-13-8-11(16)2-3-12(13)15(20)18-14/h2-3,8,10H,4-7,9H2,1H3,(H,17,18,20)/p+1. The number of H-pyrrole nitrogens is 1. The molecule has 4 nitrogen and oxygen atoms in total. The number of nitrogens with one attached hydrogen (secondary N) is 2. The molecule has 1 aliphatic rings. The van der Waals surface area contributed by atoms with Crippen molar-refractivity contribution >= 4 is 22.5 Å². The smallest absolute Gasteiger partial charge is 0.258 e. The van der Waals surface area contributed by atoms with Crippen LogP contribution >= 0.6 is 11.6 Å². The SMILES string of the molecule is CC1CC[NH+](Cc2nc3cc(Cl)ccc3c(=O)[nH]2)CC1. The van der Waals surface area contributed by atoms with Crippen molar-refractivity contribution in [2.75, 3.05) is 13.1 Å². The Morgan fingerprint density at radius 1 is 1.40 bits per heavy atom. The molecule has 106 valence electrons. The average Bonchev–Trinajstić information content (AvgIpc) is 2.41. The molecule has 2 N–H and O–H groups in total. The molecule has 0 radical (unpaired) electrons. The molecule has 20 heavy (non-hydrogen) atoms. The fourth-order valence-electron chi connectivity index (χ4n) is 2.83. The van der Waals surface area contributed by atoms with E-state index in [1.807, 2.05) is 0 Å². The van der Waals surface area contributed by atoms with Crippen molar-refractivity contribution in [2.24, 2.45) is 5.92 Å². The molecule has 5 heteroatoms. The number of hydrogen-bond donors (Lipinski definition) is 2. The molecule has 1 fully saturated rings. The van der Waals surface area contributed by atoms with Crippen molar-refractivity contribution in [1.29, 1.82) is 0 Å². The van der Waals surface area contributed by atoms with Crippen molar-refractivity contribution in [2.45, 2.75) is 26.3 Å². The molecule has 0 amide bonds. The molecule has 2 aromatic rings. The van der Waals surface area contributed by atoms with E-state index in [9.17, 15) is 4.79 Å². The molecule has 0 aliphatic carbocycles. The van der Waals surface area contributed by atoms with E-state index in [0.29, 0.717) is 15.9 Å². The summed E-state index contributed by atoms with van der Waals surface area (Å²) in [5.74, 6) is 1.58. The molecule has 1 saturated heterocycles. The van der Waals surface area contributed by atoms with Gasteiger partial charge in [0.05, 0.1) is 24.0 Å². The largest absolute Gasteiger partial charge is 0.329 e. The quantitative estimate of drug-likeness (QED) is 0.879. The first-order valence-electron chi connectivity index (χ1n) is 7.14. The highest BCUT2D eigenvalue weighted by molar-refractivity contribution is 6.31. The maximum Gasteiger partial charge on any atom is 0.258 e. The Morgan fingerprint density at radius 2 is 2.15 bits per heavy atom. The van der Waals surface area contributed by atoms with Crippen molar-refractivity contribution in [1.82, 2.24) is 9.97 Å². The first kappa shape index (κ1) is 13.6. The van der Waals surface area contributed by atoms with Crippen LogP contribution in [0.3, 0.4) is 0 Å². The molecule has 2 heterocycles. The van der Waals surface area contributed by atoms with Crippen LogP contribution in [0.1, 0.15) is 25.6 Å². The van der Waals surface area contributed by atoms with Gasteiger partial charge in [-0.25, -0.2) is 4.98 Å². The van der Waals surface area contributed by atoms with Crippen molar-refractivity contribution in [3.63, 3.8) is 0 Å². The third kappa shape index (κ3) is 2.86. The summed E-state index contributed by atoms with van der Waals surface area (Å²) in [6.45, 7) is 5.39. The monoisotopic (exact) mass is 292 g/mol. The van der Waals surface area contributed by atoms with Crippen molar-refractivity contribution < 1.29 is 4.90 Å². The minimum absolute atomic E-state index is 0.0774. The topological polar surface area (TPSA) is 50.2 Å². The van der Waals surface area contributed by atoms with Crippen LogP contribution in [-0.4, -0.2) is 23.1 Å². The summed E-state index contributed by atoms with van der Waals surface area (Å²) in [7, 11) is 0. The van der Waals surface area contributed by atoms with Crippen molar-refractivity contribution in [3.8, 4) is 0 Å². The van der Waals surface area contributed by atoms with E-state index in [2.05, 4.69) is 16.9 Å². The number of hydrogen-bond acceptors (Lipinski definition) is 2. The minimum Gasteiger partial charge on any atom is -0.329 e. The highest BCUT2D eigenvalue weighted by Gasteiger charge is 2.20. The predicted octanol–water partition coefficient (Wildman–Crippen LogP) is 1.39. The van der Waals surface area contributed by atoms with Gasteiger partial charge >= 0.3 is 0 Å². The second-order valence-electron chi connectivity index (χ2n) is 5.78. The summed E-state index contributed by atoms with van der Waals surface area (Å²) in [5, 5.41) is 1.21. The van der Waals surface area contributed by atoms with Gasteiger partial charge in [-0.15, -0.1) is 0 Å². The number of likely N-dealkylation sites (tertiary alicyclic amines) is 1. The normalized spacial score (nSPS) is 23.1. The second-order valence-corrected chi connectivity index (χ2v) is 6.22. The summed E-state index contributed by atoms with van der Waals surface area (Å²) in [4.78, 5) is 21.0. The number of nitrogens with zero attached hydrogens (tertiary/aromatic N) is 1. The van der Waals surface area contributed by atoms with Gasteiger partial charge in [-0.3, -0.25) is 4.79 Å². The Hall–Kier alpha value is -1.39. The van der Waals surface area contributed by atoms with Crippen LogP contribution in [0.5, 0.6) is 0 Å². The number of aromatic amines is 1. The Balaban J connectivity index is 1.87. The molecule has 0 bridgehead atoms. The fraction of sp³-hybridized carbons (Fsp3) is 0.467. The molecular formula is C15H19ClN3O+. The van der Waals surface area contributed by atoms with E-state index in [0.717, 1.165) is 31.4 Å². The average molecular weight is 293 g/mol. The van der Waals surface area contributed by atoms with Gasteiger partial charge in [0.1, 0.15) is 6.54 Å². The van der Waals surface area contributed by atoms with E-state index in [1.54, 1.807) is 18.2 Å². The van der Waals surface area contributed by atoms with Gasteiger partial charge < -0.3 is 9.88 Å². The number of rotatable bonds is 2. The highest BCUT2D eigenvalue weighted by atomic mass is 35.5. The lowest BCUT2D eigenvalue weighted by molar-refractivity contribution is -0.920. The minimum atomic E-state index is -0.0774. The summed E-state index contributed by atoms with van der Waals surface area (Å²) in [6, 6.07) is 5.20. The third-order valence-electron chi connectivity index (χ3n) is 4.12. The van der Waals surface area contributed by atoms with Crippen LogP contribution in [0, 0.1) is 5.92 Å². The van der Waals surface area contributed by atoms with Gasteiger partial charge in [-0.1, -0.05) is 18.5 Å². The van der Waals surface area contributed by atoms with E-state index in [-0.39, 0.29) is 5.56 Å². The molecule has 0 saturated carbocycles. The van der Waals surface area contributed by atoms with Gasteiger partial charge in [0, 0.05) is 5.02 Å². The zero-order valence-corrected chi connectivity index (χ0v) is 12.3. The Morgan fingerprint density at radius 3 is 2.90 bits per heavy atom. The molecule has 3 rings (SSSR count). The van der Waals surface area contributed by atoms with Gasteiger partial charge in [-0.05, 0) is 37.0 Å². The summed E-state index contributed by atoms with van der Waals surface area (Å²) < 4.78 is 0. The maximum atomic E-state index is 12.1. The Labute approximate surface area is 122 Å². The molecular weight excluding hydrogens is 274 g/mol. The fourth-order valence-corrected chi connectivity index (χ4v) is 3.00. The number of halogens is 1. The van der Waals surface area contributed by atoms with E-state index in [1.165, 1.54) is 17.7 Å². The zero-order chi connectivity index (χ0) is 14.1. The van der Waals surface area contributed by atoms with E-state index < -0.39 is 0 Å². The lowest BCUT2D eigenvalue weighted by atomic mass is 9.99. The second kappa shape index (κ2) is 5.54. The van der Waals surface area contributed by atoms with Gasteiger partial charge in [0.2, 0.25) is 0 Å². The third-order valence-corrected chi connectivity index (χ3v) is 4.35. The molecule has 0 unspecified atom stereocenters. The zero-order valence-electron chi connectivity index (χ0n) is 11.6. The predicted molar refractivity (Wildman–Crippen MR) is 80.2 cm³/mol. The lowest BCUT2D eigenvalue weighted by Crippen LogP contribution is -3.11. The van der Waals surface area contributed by atoms with E-state index in [4.69, 9.17) is 11.6 Å². The number of aromatic nitrogens is 2.